The second-order valence-corrected chi connectivity index (χ2v) is 7.83. The number of fused-ring (bicyclic) bond motifs is 1. The van der Waals surface area contributed by atoms with Crippen molar-refractivity contribution in [3.05, 3.63) is 84.1 Å². The summed E-state index contributed by atoms with van der Waals surface area (Å²) in [5, 5.41) is 6.92. The Labute approximate surface area is 198 Å². The third-order valence-corrected chi connectivity index (χ3v) is 5.60. The number of ether oxygens (including phenoxy) is 2. The lowest BCUT2D eigenvalue weighted by atomic mass is 10.1. The van der Waals surface area contributed by atoms with E-state index in [2.05, 4.69) is 21.7 Å². The van der Waals surface area contributed by atoms with E-state index in [-0.39, 0.29) is 11.8 Å². The molecule has 0 radical (unpaired) electrons. The van der Waals surface area contributed by atoms with Crippen molar-refractivity contribution in [3.63, 3.8) is 0 Å². The molecule has 1 heterocycles. The summed E-state index contributed by atoms with van der Waals surface area (Å²) in [7, 11) is 3.02. The van der Waals surface area contributed by atoms with Crippen molar-refractivity contribution in [2.75, 3.05) is 24.9 Å². The van der Waals surface area contributed by atoms with E-state index in [9.17, 15) is 9.59 Å². The Bertz CT molecular complexity index is 1300. The maximum absolute atomic E-state index is 12.6. The molecule has 3 N–H and O–H groups in total. The number of anilines is 2. The van der Waals surface area contributed by atoms with Gasteiger partial charge >= 0.3 is 0 Å². The number of H-pyrrole nitrogens is 1. The normalized spacial score (nSPS) is 10.6. The third-order valence-electron chi connectivity index (χ3n) is 5.60. The highest BCUT2D eigenvalue weighted by Gasteiger charge is 2.16. The minimum absolute atomic E-state index is 0.124. The maximum atomic E-state index is 12.6. The number of aromatic nitrogens is 1. The summed E-state index contributed by atoms with van der Waals surface area (Å²) in [5.41, 5.74) is 3.75. The lowest BCUT2D eigenvalue weighted by Crippen LogP contribution is -2.15. The number of nitrogens with one attached hydrogen (secondary N) is 3. The molecule has 7 heteroatoms. The van der Waals surface area contributed by atoms with Crippen LogP contribution in [0.15, 0.2) is 72.9 Å². The van der Waals surface area contributed by atoms with E-state index >= 15 is 0 Å². The molecule has 7 nitrogen and oxygen atoms in total. The molecule has 0 unspecified atom stereocenters. The van der Waals surface area contributed by atoms with Crippen LogP contribution >= 0.6 is 0 Å². The summed E-state index contributed by atoms with van der Waals surface area (Å²) in [6.07, 6.45) is 3.86. The molecule has 0 saturated carbocycles. The van der Waals surface area contributed by atoms with Gasteiger partial charge in [0.25, 0.3) is 5.91 Å². The van der Waals surface area contributed by atoms with E-state index in [1.54, 1.807) is 36.4 Å². The highest BCUT2D eigenvalue weighted by Crippen LogP contribution is 2.36. The number of rotatable bonds is 9. The molecule has 0 saturated heterocycles. The number of aryl methyl sites for hydroxylation is 1. The van der Waals surface area contributed by atoms with Gasteiger partial charge in [-0.2, -0.15) is 0 Å². The smallest absolute Gasteiger partial charge is 0.255 e. The molecule has 0 bridgehead atoms. The van der Waals surface area contributed by atoms with Gasteiger partial charge in [-0.1, -0.05) is 36.4 Å². The zero-order chi connectivity index (χ0) is 23.9. The van der Waals surface area contributed by atoms with Gasteiger partial charge in [-0.3, -0.25) is 9.59 Å². The van der Waals surface area contributed by atoms with Crippen molar-refractivity contribution in [1.29, 1.82) is 0 Å². The quantitative estimate of drug-likeness (QED) is 0.314. The zero-order valence-electron chi connectivity index (χ0n) is 19.2. The van der Waals surface area contributed by atoms with Gasteiger partial charge in [0.05, 0.1) is 25.6 Å². The number of para-hydroxylation sites is 1. The molecule has 0 atom stereocenters. The van der Waals surface area contributed by atoms with E-state index in [0.717, 1.165) is 11.9 Å². The number of hydrogen-bond donors (Lipinski definition) is 3. The maximum Gasteiger partial charge on any atom is 0.255 e. The van der Waals surface area contributed by atoms with Crippen LogP contribution in [-0.4, -0.2) is 31.0 Å². The van der Waals surface area contributed by atoms with Crippen LogP contribution in [0.5, 0.6) is 11.5 Å². The van der Waals surface area contributed by atoms with Gasteiger partial charge < -0.3 is 25.1 Å². The summed E-state index contributed by atoms with van der Waals surface area (Å²) < 4.78 is 10.9. The second-order valence-electron chi connectivity index (χ2n) is 7.83. The molecule has 4 rings (SSSR count). The van der Waals surface area contributed by atoms with E-state index in [1.165, 1.54) is 25.2 Å². The first-order chi connectivity index (χ1) is 16.6. The Kier molecular flexibility index (Phi) is 7.13. The van der Waals surface area contributed by atoms with Crippen LogP contribution in [0.3, 0.4) is 0 Å². The Morgan fingerprint density at radius 1 is 0.853 bits per heavy atom. The van der Waals surface area contributed by atoms with Crippen LogP contribution in [0, 0.1) is 0 Å². The summed E-state index contributed by atoms with van der Waals surface area (Å²) in [4.78, 5) is 28.5. The van der Waals surface area contributed by atoms with Crippen LogP contribution < -0.4 is 20.1 Å². The average molecular weight is 458 g/mol. The van der Waals surface area contributed by atoms with Gasteiger partial charge in [0.2, 0.25) is 5.91 Å². The standard InChI is InChI=1S/C27H27N3O4/c1-33-24-16-23(30-27(32)18-9-4-3-5-10-18)25(34-2)15-22(24)29-26(31)14-8-11-19-17-28-21-13-7-6-12-20(19)21/h3-7,9-10,12-13,15-17,28H,8,11,14H2,1-2H3,(H,29,31)(H,30,32). The summed E-state index contributed by atoms with van der Waals surface area (Å²) >= 11 is 0. The monoisotopic (exact) mass is 457 g/mol. The Morgan fingerprint density at radius 2 is 1.50 bits per heavy atom. The van der Waals surface area contributed by atoms with Crippen LogP contribution in [0.2, 0.25) is 0 Å². The molecule has 0 fully saturated rings. The summed E-state index contributed by atoms with van der Waals surface area (Å²) in [6, 6.07) is 20.3. The number of hydrogen-bond acceptors (Lipinski definition) is 4. The number of carbonyl (C=O) groups is 2. The molecule has 0 spiro atoms. The van der Waals surface area contributed by atoms with Gasteiger partial charge in [-0.05, 0) is 36.6 Å². The molecule has 0 aliphatic carbocycles. The van der Waals surface area contributed by atoms with Crippen molar-refractivity contribution >= 4 is 34.1 Å². The molecule has 0 aliphatic heterocycles. The predicted octanol–water partition coefficient (Wildman–Crippen LogP) is 5.40. The first-order valence-electron chi connectivity index (χ1n) is 11.1. The van der Waals surface area contributed by atoms with Gasteiger partial charge in [-0.15, -0.1) is 0 Å². The first-order valence-corrected chi connectivity index (χ1v) is 11.1. The fraction of sp³-hybridized carbons (Fsp3) is 0.185. The number of carbonyl (C=O) groups excluding carboxylic acids is 2. The van der Waals surface area contributed by atoms with E-state index in [4.69, 9.17) is 9.47 Å². The van der Waals surface area contributed by atoms with Gasteiger partial charge in [0.1, 0.15) is 11.5 Å². The molecule has 174 valence electrons. The highest BCUT2D eigenvalue weighted by molar-refractivity contribution is 6.05. The fourth-order valence-corrected chi connectivity index (χ4v) is 3.87. The van der Waals surface area contributed by atoms with Crippen LogP contribution in [0.4, 0.5) is 11.4 Å². The highest BCUT2D eigenvalue weighted by atomic mass is 16.5. The van der Waals surface area contributed by atoms with Crippen LogP contribution in [-0.2, 0) is 11.2 Å². The zero-order valence-corrected chi connectivity index (χ0v) is 19.2. The van der Waals surface area contributed by atoms with Crippen molar-refractivity contribution in [1.82, 2.24) is 4.98 Å². The van der Waals surface area contributed by atoms with Crippen molar-refractivity contribution < 1.29 is 19.1 Å². The van der Waals surface area contributed by atoms with Crippen molar-refractivity contribution in [2.24, 2.45) is 0 Å². The topological polar surface area (TPSA) is 92.4 Å². The number of methoxy groups -OCH3 is 2. The summed E-state index contributed by atoms with van der Waals surface area (Å²) in [6.45, 7) is 0. The summed E-state index contributed by atoms with van der Waals surface area (Å²) in [5.74, 6) is 0.449. The fourth-order valence-electron chi connectivity index (χ4n) is 3.87. The lowest BCUT2D eigenvalue weighted by molar-refractivity contribution is -0.116. The Balaban J connectivity index is 1.41. The minimum Gasteiger partial charge on any atom is -0.494 e. The van der Waals surface area contributed by atoms with Gasteiger partial charge in [0.15, 0.2) is 0 Å². The Hall–Kier alpha value is -4.26. The third kappa shape index (κ3) is 5.20. The number of aromatic amines is 1. The molecule has 34 heavy (non-hydrogen) atoms. The second kappa shape index (κ2) is 10.6. The van der Waals surface area contributed by atoms with Gasteiger partial charge in [0, 0.05) is 41.2 Å². The molecule has 3 aromatic carbocycles. The van der Waals surface area contributed by atoms with Crippen LogP contribution in [0.25, 0.3) is 10.9 Å². The van der Waals surface area contributed by atoms with Crippen LogP contribution in [0.1, 0.15) is 28.8 Å². The number of benzene rings is 3. The molecular weight excluding hydrogens is 430 g/mol. The van der Waals surface area contributed by atoms with E-state index in [1.807, 2.05) is 30.5 Å². The lowest BCUT2D eigenvalue weighted by Gasteiger charge is -2.16. The minimum atomic E-state index is -0.269. The van der Waals surface area contributed by atoms with Crippen molar-refractivity contribution in [2.45, 2.75) is 19.3 Å². The van der Waals surface area contributed by atoms with E-state index < -0.39 is 0 Å². The molecule has 1 aromatic heterocycles. The molecule has 0 aliphatic rings. The largest absolute Gasteiger partial charge is 0.494 e. The molecular formula is C27H27N3O4. The predicted molar refractivity (Wildman–Crippen MR) is 134 cm³/mol. The number of amides is 2. The molecule has 4 aromatic rings. The first kappa shape index (κ1) is 22.9. The average Bonchev–Trinajstić information content (AvgIpc) is 3.28. The molecule has 2 amide bonds. The Morgan fingerprint density at radius 3 is 2.21 bits per heavy atom. The van der Waals surface area contributed by atoms with Gasteiger partial charge in [-0.25, -0.2) is 0 Å². The van der Waals surface area contributed by atoms with Crippen molar-refractivity contribution in [3.8, 4) is 11.5 Å². The van der Waals surface area contributed by atoms with E-state index in [0.29, 0.717) is 41.3 Å². The SMILES string of the molecule is COc1cc(NC(=O)c2ccccc2)c(OC)cc1NC(=O)CCCc1c[nH]c2ccccc12.